The number of carbonyl (C=O) groups excluding carboxylic acids is 1. The van der Waals surface area contributed by atoms with Crippen molar-refractivity contribution in [3.63, 3.8) is 0 Å². The summed E-state index contributed by atoms with van der Waals surface area (Å²) in [7, 11) is 1.50. The molecular formula is C20H19F3N4O2S. The molecule has 0 bridgehead atoms. The fourth-order valence-corrected chi connectivity index (χ4v) is 4.13. The van der Waals surface area contributed by atoms with Gasteiger partial charge in [0.2, 0.25) is 0 Å². The average Bonchev–Trinajstić information content (AvgIpc) is 3.40. The molecule has 0 unspecified atom stereocenters. The van der Waals surface area contributed by atoms with Crippen LogP contribution in [0.15, 0.2) is 48.0 Å². The summed E-state index contributed by atoms with van der Waals surface area (Å²) in [6, 6.07) is 8.10. The predicted molar refractivity (Wildman–Crippen MR) is 107 cm³/mol. The summed E-state index contributed by atoms with van der Waals surface area (Å²) < 4.78 is 47.4. The number of nitrogens with zero attached hydrogens (tertiary/aromatic N) is 2. The van der Waals surface area contributed by atoms with Crippen molar-refractivity contribution < 1.29 is 22.7 Å². The third kappa shape index (κ3) is 4.00. The summed E-state index contributed by atoms with van der Waals surface area (Å²) in [6.45, 7) is 0.295. The molecule has 1 amide bonds. The number of anilines is 1. The molecule has 0 saturated heterocycles. The highest BCUT2D eigenvalue weighted by molar-refractivity contribution is 7.09. The van der Waals surface area contributed by atoms with Gasteiger partial charge in [0.05, 0.1) is 25.9 Å². The highest BCUT2D eigenvalue weighted by Crippen LogP contribution is 2.44. The van der Waals surface area contributed by atoms with E-state index in [-0.39, 0.29) is 17.8 Å². The van der Waals surface area contributed by atoms with Gasteiger partial charge in [0.25, 0.3) is 5.91 Å². The molecule has 3 heterocycles. The van der Waals surface area contributed by atoms with Crippen molar-refractivity contribution in [1.82, 2.24) is 15.1 Å². The highest BCUT2D eigenvalue weighted by atomic mass is 32.1. The molecule has 30 heavy (non-hydrogen) atoms. The summed E-state index contributed by atoms with van der Waals surface area (Å²) >= 11 is 1.48. The number of methoxy groups -OCH3 is 1. The largest absolute Gasteiger partial charge is 0.497 e. The van der Waals surface area contributed by atoms with Gasteiger partial charge in [-0.3, -0.25) is 4.79 Å². The van der Waals surface area contributed by atoms with Crippen LogP contribution in [0.3, 0.4) is 0 Å². The standard InChI is InChI=1S/C20H19F3N4O2S/c1-29-13-5-2-4-12(8-13)16-9-17(20(21,22)23)27-18(26-16)15(11-25-27)19(28)24-10-14-6-3-7-30-14/h2-8,11,16-17,26H,9-10H2,1H3,(H,24,28)/t16-,17+/m0/s1. The Hall–Kier alpha value is -3.01. The molecule has 0 saturated carbocycles. The Kier molecular flexibility index (Phi) is 5.42. The van der Waals surface area contributed by atoms with Crippen molar-refractivity contribution in [2.45, 2.75) is 31.2 Å². The van der Waals surface area contributed by atoms with Crippen molar-refractivity contribution in [3.05, 3.63) is 64.0 Å². The number of rotatable bonds is 5. The molecule has 2 N–H and O–H groups in total. The third-order valence-electron chi connectivity index (χ3n) is 4.98. The number of thiophene rings is 1. The predicted octanol–water partition coefficient (Wildman–Crippen LogP) is 4.54. The maximum absolute atomic E-state index is 13.8. The maximum Gasteiger partial charge on any atom is 0.410 e. The normalized spacial score (nSPS) is 18.4. The van der Waals surface area contributed by atoms with Crippen LogP contribution >= 0.6 is 11.3 Å². The van der Waals surface area contributed by atoms with Crippen molar-refractivity contribution in [1.29, 1.82) is 0 Å². The zero-order chi connectivity index (χ0) is 21.3. The van der Waals surface area contributed by atoms with Crippen LogP contribution in [0.1, 0.15) is 39.3 Å². The van der Waals surface area contributed by atoms with E-state index in [1.54, 1.807) is 24.3 Å². The van der Waals surface area contributed by atoms with E-state index in [2.05, 4.69) is 15.7 Å². The second-order valence-electron chi connectivity index (χ2n) is 6.88. The monoisotopic (exact) mass is 436 g/mol. The van der Waals surface area contributed by atoms with Gasteiger partial charge in [-0.1, -0.05) is 18.2 Å². The third-order valence-corrected chi connectivity index (χ3v) is 5.86. The van der Waals surface area contributed by atoms with Crippen LogP contribution in [-0.4, -0.2) is 29.0 Å². The molecule has 6 nitrogen and oxygen atoms in total. The van der Waals surface area contributed by atoms with E-state index in [0.717, 1.165) is 9.56 Å². The highest BCUT2D eigenvalue weighted by Gasteiger charge is 2.47. The number of carbonyl (C=O) groups is 1. The lowest BCUT2D eigenvalue weighted by atomic mass is 9.96. The van der Waals surface area contributed by atoms with Gasteiger partial charge in [0.1, 0.15) is 17.1 Å². The zero-order valence-corrected chi connectivity index (χ0v) is 16.8. The number of halogens is 3. The van der Waals surface area contributed by atoms with Crippen molar-refractivity contribution in [3.8, 4) is 5.75 Å². The number of amides is 1. The lowest BCUT2D eigenvalue weighted by Gasteiger charge is -2.34. The lowest BCUT2D eigenvalue weighted by Crippen LogP contribution is -2.36. The first-order valence-corrected chi connectivity index (χ1v) is 10.1. The van der Waals surface area contributed by atoms with Crippen LogP contribution in [0.5, 0.6) is 5.75 Å². The average molecular weight is 436 g/mol. The Labute approximate surface area is 174 Å². The SMILES string of the molecule is COc1cccc([C@@H]2C[C@H](C(F)(F)F)n3ncc(C(=O)NCc4cccs4)c3N2)c1. The Morgan fingerprint density at radius 2 is 2.20 bits per heavy atom. The topological polar surface area (TPSA) is 68.2 Å². The van der Waals surface area contributed by atoms with E-state index < -0.39 is 24.2 Å². The van der Waals surface area contributed by atoms with Gasteiger partial charge in [-0.15, -0.1) is 11.3 Å². The van der Waals surface area contributed by atoms with Gasteiger partial charge in [-0.05, 0) is 29.1 Å². The molecule has 158 valence electrons. The van der Waals surface area contributed by atoms with Gasteiger partial charge in [0, 0.05) is 11.3 Å². The number of benzene rings is 1. The first-order chi connectivity index (χ1) is 14.4. The van der Waals surface area contributed by atoms with Gasteiger partial charge >= 0.3 is 6.18 Å². The molecule has 2 atom stereocenters. The van der Waals surface area contributed by atoms with Crippen LogP contribution in [0.4, 0.5) is 19.0 Å². The maximum atomic E-state index is 13.8. The molecule has 4 rings (SSSR count). The number of hydrogen-bond donors (Lipinski definition) is 2. The Morgan fingerprint density at radius 3 is 2.90 bits per heavy atom. The van der Waals surface area contributed by atoms with E-state index in [1.807, 2.05) is 17.5 Å². The van der Waals surface area contributed by atoms with E-state index >= 15 is 0 Å². The van der Waals surface area contributed by atoms with Gasteiger partial charge in [0.15, 0.2) is 6.04 Å². The second kappa shape index (κ2) is 8.02. The minimum atomic E-state index is -4.51. The van der Waals surface area contributed by atoms with E-state index in [1.165, 1.54) is 24.6 Å². The number of hydrogen-bond acceptors (Lipinski definition) is 5. The minimum absolute atomic E-state index is 0.0556. The van der Waals surface area contributed by atoms with E-state index in [0.29, 0.717) is 17.9 Å². The van der Waals surface area contributed by atoms with Crippen LogP contribution in [-0.2, 0) is 6.54 Å². The number of fused-ring (bicyclic) bond motifs is 1. The molecule has 1 aliphatic heterocycles. The molecule has 0 aliphatic carbocycles. The molecule has 0 spiro atoms. The Morgan fingerprint density at radius 1 is 1.37 bits per heavy atom. The fraction of sp³-hybridized carbons (Fsp3) is 0.300. The molecule has 1 aliphatic rings. The molecular weight excluding hydrogens is 417 g/mol. The smallest absolute Gasteiger partial charge is 0.410 e. The number of ether oxygens (including phenoxy) is 1. The zero-order valence-electron chi connectivity index (χ0n) is 15.9. The number of alkyl halides is 3. The summed E-state index contributed by atoms with van der Waals surface area (Å²) in [5.74, 6) is 0.121. The van der Waals surface area contributed by atoms with Gasteiger partial charge < -0.3 is 15.4 Å². The lowest BCUT2D eigenvalue weighted by molar-refractivity contribution is -0.173. The van der Waals surface area contributed by atoms with Gasteiger partial charge in [-0.2, -0.15) is 18.3 Å². The summed E-state index contributed by atoms with van der Waals surface area (Å²) in [5.41, 5.74) is 0.717. The quantitative estimate of drug-likeness (QED) is 0.616. The number of nitrogens with one attached hydrogen (secondary N) is 2. The molecule has 3 aromatic rings. The van der Waals surface area contributed by atoms with Crippen molar-refractivity contribution in [2.75, 3.05) is 12.4 Å². The molecule has 2 aromatic heterocycles. The molecule has 10 heteroatoms. The number of aromatic nitrogens is 2. The first kappa shape index (κ1) is 20.3. The van der Waals surface area contributed by atoms with Crippen molar-refractivity contribution in [2.24, 2.45) is 0 Å². The molecule has 1 aromatic carbocycles. The Balaban J connectivity index is 1.65. The van der Waals surface area contributed by atoms with Crippen LogP contribution in [0, 0.1) is 0 Å². The fourth-order valence-electron chi connectivity index (χ4n) is 3.48. The summed E-state index contributed by atoms with van der Waals surface area (Å²) in [4.78, 5) is 13.6. The van der Waals surface area contributed by atoms with Crippen LogP contribution in [0.2, 0.25) is 0 Å². The Bertz CT molecular complexity index is 1030. The first-order valence-electron chi connectivity index (χ1n) is 9.22. The molecule has 0 radical (unpaired) electrons. The second-order valence-corrected chi connectivity index (χ2v) is 7.91. The minimum Gasteiger partial charge on any atom is -0.497 e. The van der Waals surface area contributed by atoms with Crippen molar-refractivity contribution >= 4 is 23.1 Å². The van der Waals surface area contributed by atoms with Gasteiger partial charge in [-0.25, -0.2) is 4.68 Å². The molecule has 0 fully saturated rings. The van der Waals surface area contributed by atoms with E-state index in [9.17, 15) is 18.0 Å². The van der Waals surface area contributed by atoms with Crippen LogP contribution in [0.25, 0.3) is 0 Å². The van der Waals surface area contributed by atoms with E-state index in [4.69, 9.17) is 4.74 Å². The van der Waals surface area contributed by atoms with Crippen LogP contribution < -0.4 is 15.4 Å². The summed E-state index contributed by atoms with van der Waals surface area (Å²) in [5, 5.41) is 11.6. The summed E-state index contributed by atoms with van der Waals surface area (Å²) in [6.07, 6.45) is -3.58.